The summed E-state index contributed by atoms with van der Waals surface area (Å²) in [6.45, 7) is 2.87. The van der Waals surface area contributed by atoms with Gasteiger partial charge < -0.3 is 10.4 Å². The van der Waals surface area contributed by atoms with Crippen LogP contribution in [0.2, 0.25) is 0 Å². The van der Waals surface area contributed by atoms with Gasteiger partial charge in [0.25, 0.3) is 0 Å². The van der Waals surface area contributed by atoms with E-state index in [2.05, 4.69) is 12.2 Å². The van der Waals surface area contributed by atoms with Crippen LogP contribution in [0.15, 0.2) is 24.3 Å². The lowest BCUT2D eigenvalue weighted by atomic mass is 10.2. The van der Waals surface area contributed by atoms with Gasteiger partial charge in [0.1, 0.15) is 0 Å². The summed E-state index contributed by atoms with van der Waals surface area (Å²) in [5.41, 5.74) is 1.01. The molecular formula is C11H15NO2S. The molecule has 0 spiro atoms. The van der Waals surface area contributed by atoms with Crippen LogP contribution in [0.25, 0.3) is 0 Å². The van der Waals surface area contributed by atoms with Crippen molar-refractivity contribution < 1.29 is 9.90 Å². The summed E-state index contributed by atoms with van der Waals surface area (Å²) >= 11 is 1.75. The fraction of sp³-hybridized carbons (Fsp3) is 0.364. The number of hydrogen-bond acceptors (Lipinski definition) is 3. The molecule has 0 heterocycles. The van der Waals surface area contributed by atoms with Gasteiger partial charge in [-0.3, -0.25) is 0 Å². The Morgan fingerprint density at radius 1 is 1.53 bits per heavy atom. The maximum Gasteiger partial charge on any atom is 0.337 e. The monoisotopic (exact) mass is 225 g/mol. The molecule has 1 unspecified atom stereocenters. The summed E-state index contributed by atoms with van der Waals surface area (Å²) in [6, 6.07) is 6.95. The second kappa shape index (κ2) is 5.66. The smallest absolute Gasteiger partial charge is 0.337 e. The van der Waals surface area contributed by atoms with Gasteiger partial charge in [0.2, 0.25) is 0 Å². The summed E-state index contributed by atoms with van der Waals surface area (Å²) in [4.78, 5) is 10.9. The molecule has 0 aliphatic carbocycles. The van der Waals surface area contributed by atoms with E-state index in [9.17, 15) is 4.79 Å². The van der Waals surface area contributed by atoms with E-state index >= 15 is 0 Å². The minimum atomic E-state index is -0.894. The number of thioether (sulfide) groups is 1. The summed E-state index contributed by atoms with van der Waals surface area (Å²) in [7, 11) is 0. The molecule has 0 aliphatic heterocycles. The van der Waals surface area contributed by atoms with Crippen LogP contribution in [0.5, 0.6) is 0 Å². The molecule has 2 N–H and O–H groups in total. The Morgan fingerprint density at radius 3 is 2.80 bits per heavy atom. The van der Waals surface area contributed by atoms with Crippen LogP contribution >= 0.6 is 11.8 Å². The Balaban J connectivity index is 2.72. The van der Waals surface area contributed by atoms with Crippen LogP contribution in [0.3, 0.4) is 0 Å². The molecule has 4 heteroatoms. The van der Waals surface area contributed by atoms with E-state index in [1.807, 2.05) is 12.3 Å². The van der Waals surface area contributed by atoms with E-state index in [1.54, 1.807) is 30.0 Å². The normalized spacial score (nSPS) is 12.1. The van der Waals surface area contributed by atoms with Gasteiger partial charge in [0.05, 0.1) is 5.56 Å². The van der Waals surface area contributed by atoms with Crippen LogP contribution < -0.4 is 5.32 Å². The standard InChI is InChI=1S/C11H15NO2S/c1-8(15-2)7-12-10-6-4-3-5-9(10)11(13)14/h3-6,8,12H,7H2,1-2H3,(H,13,14). The molecule has 0 radical (unpaired) electrons. The second-order valence-corrected chi connectivity index (χ2v) is 4.55. The number of rotatable bonds is 5. The number of carboxylic acid groups (broad SMARTS) is 1. The third kappa shape index (κ3) is 3.47. The quantitative estimate of drug-likeness (QED) is 0.808. The lowest BCUT2D eigenvalue weighted by Crippen LogP contribution is -2.14. The molecule has 0 saturated heterocycles. The first-order valence-corrected chi connectivity index (χ1v) is 6.03. The fourth-order valence-electron chi connectivity index (χ4n) is 1.16. The zero-order valence-corrected chi connectivity index (χ0v) is 9.67. The van der Waals surface area contributed by atoms with Crippen molar-refractivity contribution in [3.63, 3.8) is 0 Å². The Bertz CT molecular complexity index is 341. The molecular weight excluding hydrogens is 210 g/mol. The maximum absolute atomic E-state index is 10.9. The van der Waals surface area contributed by atoms with Gasteiger partial charge >= 0.3 is 5.97 Å². The lowest BCUT2D eigenvalue weighted by molar-refractivity contribution is 0.0698. The van der Waals surface area contributed by atoms with Gasteiger partial charge in [-0.15, -0.1) is 0 Å². The van der Waals surface area contributed by atoms with Crippen LogP contribution in [-0.2, 0) is 0 Å². The van der Waals surface area contributed by atoms with Gasteiger partial charge in [-0.2, -0.15) is 11.8 Å². The number of aromatic carboxylic acids is 1. The van der Waals surface area contributed by atoms with Crippen LogP contribution in [0, 0.1) is 0 Å². The predicted molar refractivity (Wildman–Crippen MR) is 64.9 cm³/mol. The highest BCUT2D eigenvalue weighted by Gasteiger charge is 2.08. The Hall–Kier alpha value is -1.16. The van der Waals surface area contributed by atoms with Crippen molar-refractivity contribution in [3.05, 3.63) is 29.8 Å². The third-order valence-electron chi connectivity index (χ3n) is 2.14. The van der Waals surface area contributed by atoms with Gasteiger partial charge in [0, 0.05) is 17.5 Å². The van der Waals surface area contributed by atoms with Crippen molar-refractivity contribution in [2.24, 2.45) is 0 Å². The van der Waals surface area contributed by atoms with E-state index in [4.69, 9.17) is 5.11 Å². The van der Waals surface area contributed by atoms with Crippen molar-refractivity contribution in [1.29, 1.82) is 0 Å². The molecule has 0 aliphatic rings. The average Bonchev–Trinajstić information content (AvgIpc) is 2.26. The summed E-state index contributed by atoms with van der Waals surface area (Å²) in [6.07, 6.45) is 2.04. The van der Waals surface area contributed by atoms with Crippen LogP contribution in [0.4, 0.5) is 5.69 Å². The molecule has 1 aromatic carbocycles. The molecule has 15 heavy (non-hydrogen) atoms. The SMILES string of the molecule is CSC(C)CNc1ccccc1C(=O)O. The molecule has 0 bridgehead atoms. The molecule has 0 saturated carbocycles. The second-order valence-electron chi connectivity index (χ2n) is 3.28. The van der Waals surface area contributed by atoms with Crippen LogP contribution in [0.1, 0.15) is 17.3 Å². The number of hydrogen-bond donors (Lipinski definition) is 2. The first-order valence-electron chi connectivity index (χ1n) is 4.74. The average molecular weight is 225 g/mol. The van der Waals surface area contributed by atoms with Crippen molar-refractivity contribution in [2.45, 2.75) is 12.2 Å². The number of carbonyl (C=O) groups is 1. The topological polar surface area (TPSA) is 49.3 Å². The zero-order valence-electron chi connectivity index (χ0n) is 8.86. The summed E-state index contributed by atoms with van der Waals surface area (Å²) in [5.74, 6) is -0.894. The molecule has 82 valence electrons. The zero-order chi connectivity index (χ0) is 11.3. The van der Waals surface area contributed by atoms with E-state index in [-0.39, 0.29) is 0 Å². The predicted octanol–water partition coefficient (Wildman–Crippen LogP) is 2.55. The van der Waals surface area contributed by atoms with Gasteiger partial charge in [-0.05, 0) is 18.4 Å². The molecule has 1 atom stereocenters. The third-order valence-corrected chi connectivity index (χ3v) is 3.11. The molecule has 0 aromatic heterocycles. The molecule has 0 fully saturated rings. The summed E-state index contributed by atoms with van der Waals surface area (Å²) in [5, 5.41) is 12.6. The number of anilines is 1. The van der Waals surface area contributed by atoms with Crippen molar-refractivity contribution in [1.82, 2.24) is 0 Å². The first-order chi connectivity index (χ1) is 7.15. The van der Waals surface area contributed by atoms with E-state index < -0.39 is 5.97 Å². The van der Waals surface area contributed by atoms with E-state index in [1.165, 1.54) is 0 Å². The van der Waals surface area contributed by atoms with Crippen molar-refractivity contribution in [3.8, 4) is 0 Å². The number of carboxylic acids is 1. The number of nitrogens with one attached hydrogen (secondary N) is 1. The molecule has 3 nitrogen and oxygen atoms in total. The summed E-state index contributed by atoms with van der Waals surface area (Å²) < 4.78 is 0. The highest BCUT2D eigenvalue weighted by Crippen LogP contribution is 2.16. The lowest BCUT2D eigenvalue weighted by Gasteiger charge is -2.12. The molecule has 0 amide bonds. The first kappa shape index (κ1) is 11.9. The van der Waals surface area contributed by atoms with Gasteiger partial charge in [-0.25, -0.2) is 4.79 Å². The number of benzene rings is 1. The van der Waals surface area contributed by atoms with Gasteiger partial charge in [0.15, 0.2) is 0 Å². The highest BCUT2D eigenvalue weighted by molar-refractivity contribution is 7.99. The van der Waals surface area contributed by atoms with E-state index in [0.717, 1.165) is 6.54 Å². The Kier molecular flexibility index (Phi) is 4.49. The van der Waals surface area contributed by atoms with Crippen LogP contribution in [-0.4, -0.2) is 29.1 Å². The van der Waals surface area contributed by atoms with Gasteiger partial charge in [-0.1, -0.05) is 19.1 Å². The minimum absolute atomic E-state index is 0.325. The van der Waals surface area contributed by atoms with Crippen molar-refractivity contribution in [2.75, 3.05) is 18.1 Å². The highest BCUT2D eigenvalue weighted by atomic mass is 32.2. The Morgan fingerprint density at radius 2 is 2.20 bits per heavy atom. The molecule has 1 rings (SSSR count). The van der Waals surface area contributed by atoms with E-state index in [0.29, 0.717) is 16.5 Å². The number of para-hydroxylation sites is 1. The Labute approximate surface area is 93.9 Å². The van der Waals surface area contributed by atoms with Crippen molar-refractivity contribution >= 4 is 23.4 Å². The molecule has 1 aromatic rings. The minimum Gasteiger partial charge on any atom is -0.478 e. The largest absolute Gasteiger partial charge is 0.478 e. The maximum atomic E-state index is 10.9. The fourth-order valence-corrected chi connectivity index (χ4v) is 1.41.